The average Bonchev–Trinajstić information content (AvgIpc) is 2.41. The number of halogens is 1. The molecular formula is C13H8BrN3O. The zero-order valence-electron chi connectivity index (χ0n) is 9.22. The SMILES string of the molecule is O=c1[nH]cc(-c2cnnc3ccccc23)cc1Br. The van der Waals surface area contributed by atoms with Crippen molar-refractivity contribution < 1.29 is 0 Å². The molecule has 1 aromatic carbocycles. The summed E-state index contributed by atoms with van der Waals surface area (Å²) >= 11 is 3.23. The monoisotopic (exact) mass is 301 g/mol. The molecule has 0 fully saturated rings. The second-order valence-electron chi connectivity index (χ2n) is 3.84. The first-order valence-electron chi connectivity index (χ1n) is 5.35. The number of H-pyrrole nitrogens is 1. The molecule has 0 spiro atoms. The van der Waals surface area contributed by atoms with Gasteiger partial charge in [0.2, 0.25) is 0 Å². The van der Waals surface area contributed by atoms with Crippen molar-refractivity contribution in [3.05, 3.63) is 57.6 Å². The first-order valence-corrected chi connectivity index (χ1v) is 6.14. The fourth-order valence-corrected chi connectivity index (χ4v) is 2.21. The van der Waals surface area contributed by atoms with Gasteiger partial charge in [0.25, 0.3) is 5.56 Å². The molecule has 0 aliphatic rings. The normalized spacial score (nSPS) is 10.7. The van der Waals surface area contributed by atoms with Gasteiger partial charge in [0.1, 0.15) is 0 Å². The lowest BCUT2D eigenvalue weighted by atomic mass is 10.1. The van der Waals surface area contributed by atoms with E-state index >= 15 is 0 Å². The van der Waals surface area contributed by atoms with E-state index < -0.39 is 0 Å². The highest BCUT2D eigenvalue weighted by atomic mass is 79.9. The number of benzene rings is 1. The molecule has 2 heterocycles. The molecule has 0 atom stereocenters. The average molecular weight is 302 g/mol. The van der Waals surface area contributed by atoms with Crippen molar-refractivity contribution in [3.63, 3.8) is 0 Å². The van der Waals surface area contributed by atoms with Gasteiger partial charge in [0.05, 0.1) is 16.2 Å². The van der Waals surface area contributed by atoms with E-state index in [4.69, 9.17) is 0 Å². The first-order chi connectivity index (χ1) is 8.75. The number of nitrogens with one attached hydrogen (secondary N) is 1. The van der Waals surface area contributed by atoms with Crippen LogP contribution in [0.2, 0.25) is 0 Å². The number of rotatable bonds is 1. The smallest absolute Gasteiger partial charge is 0.262 e. The fraction of sp³-hybridized carbons (Fsp3) is 0. The quantitative estimate of drug-likeness (QED) is 0.752. The van der Waals surface area contributed by atoms with Crippen LogP contribution in [0.3, 0.4) is 0 Å². The Morgan fingerprint density at radius 2 is 2.06 bits per heavy atom. The van der Waals surface area contributed by atoms with Gasteiger partial charge in [-0.15, -0.1) is 0 Å². The summed E-state index contributed by atoms with van der Waals surface area (Å²) in [7, 11) is 0. The number of nitrogens with zero attached hydrogens (tertiary/aromatic N) is 2. The van der Waals surface area contributed by atoms with E-state index in [2.05, 4.69) is 31.1 Å². The lowest BCUT2D eigenvalue weighted by Crippen LogP contribution is -2.05. The zero-order chi connectivity index (χ0) is 12.5. The van der Waals surface area contributed by atoms with Gasteiger partial charge in [-0.05, 0) is 28.1 Å². The number of hydrogen-bond acceptors (Lipinski definition) is 3. The Balaban J connectivity index is 2.31. The molecule has 2 aromatic heterocycles. The van der Waals surface area contributed by atoms with E-state index in [1.54, 1.807) is 18.5 Å². The van der Waals surface area contributed by atoms with Gasteiger partial charge in [-0.3, -0.25) is 4.79 Å². The Morgan fingerprint density at radius 3 is 2.89 bits per heavy atom. The van der Waals surface area contributed by atoms with Crippen LogP contribution >= 0.6 is 15.9 Å². The molecule has 0 amide bonds. The van der Waals surface area contributed by atoms with Gasteiger partial charge in [-0.25, -0.2) is 0 Å². The summed E-state index contributed by atoms with van der Waals surface area (Å²) in [6.07, 6.45) is 3.37. The summed E-state index contributed by atoms with van der Waals surface area (Å²) in [6, 6.07) is 9.55. The van der Waals surface area contributed by atoms with Crippen LogP contribution in [0, 0.1) is 0 Å². The highest BCUT2D eigenvalue weighted by Crippen LogP contribution is 2.26. The van der Waals surface area contributed by atoms with E-state index in [0.29, 0.717) is 4.47 Å². The molecule has 18 heavy (non-hydrogen) atoms. The molecule has 0 saturated carbocycles. The molecule has 4 nitrogen and oxygen atoms in total. The van der Waals surface area contributed by atoms with Crippen molar-refractivity contribution >= 4 is 26.8 Å². The number of fused-ring (bicyclic) bond motifs is 1. The van der Waals surface area contributed by atoms with Gasteiger partial charge in [0.15, 0.2) is 0 Å². The lowest BCUT2D eigenvalue weighted by Gasteiger charge is -2.05. The second kappa shape index (κ2) is 4.34. The molecule has 88 valence electrons. The highest BCUT2D eigenvalue weighted by Gasteiger charge is 2.06. The van der Waals surface area contributed by atoms with E-state index in [-0.39, 0.29) is 5.56 Å². The van der Waals surface area contributed by atoms with Crippen LogP contribution < -0.4 is 5.56 Å². The van der Waals surface area contributed by atoms with E-state index in [0.717, 1.165) is 22.0 Å². The predicted molar refractivity (Wildman–Crippen MR) is 73.3 cm³/mol. The first kappa shape index (κ1) is 11.1. The fourth-order valence-electron chi connectivity index (χ4n) is 1.85. The van der Waals surface area contributed by atoms with Crippen LogP contribution in [-0.2, 0) is 0 Å². The maximum Gasteiger partial charge on any atom is 0.262 e. The highest BCUT2D eigenvalue weighted by molar-refractivity contribution is 9.10. The molecule has 0 unspecified atom stereocenters. The van der Waals surface area contributed by atoms with E-state index in [1.165, 1.54) is 0 Å². The molecule has 1 N–H and O–H groups in total. The Bertz CT molecular complexity index is 777. The van der Waals surface area contributed by atoms with Crippen LogP contribution in [0.1, 0.15) is 0 Å². The zero-order valence-corrected chi connectivity index (χ0v) is 10.8. The van der Waals surface area contributed by atoms with Crippen molar-refractivity contribution in [2.75, 3.05) is 0 Å². The molecular weight excluding hydrogens is 294 g/mol. The van der Waals surface area contributed by atoms with Gasteiger partial charge in [-0.2, -0.15) is 10.2 Å². The van der Waals surface area contributed by atoms with Crippen LogP contribution in [0.25, 0.3) is 22.0 Å². The van der Waals surface area contributed by atoms with Crippen LogP contribution in [0.5, 0.6) is 0 Å². The summed E-state index contributed by atoms with van der Waals surface area (Å²) in [5.41, 5.74) is 2.52. The largest absolute Gasteiger partial charge is 0.328 e. The Hall–Kier alpha value is -2.01. The summed E-state index contributed by atoms with van der Waals surface area (Å²) < 4.78 is 0.501. The number of hydrogen-bond donors (Lipinski definition) is 1. The molecule has 5 heteroatoms. The molecule has 0 aliphatic heterocycles. The van der Waals surface area contributed by atoms with Crippen molar-refractivity contribution in [2.45, 2.75) is 0 Å². The van der Waals surface area contributed by atoms with Gasteiger partial charge in [-0.1, -0.05) is 18.2 Å². The minimum atomic E-state index is -0.148. The summed E-state index contributed by atoms with van der Waals surface area (Å²) in [6.45, 7) is 0. The number of aromatic nitrogens is 3. The molecule has 3 aromatic rings. The maximum absolute atomic E-state index is 11.3. The van der Waals surface area contributed by atoms with E-state index in [9.17, 15) is 4.79 Å². The third kappa shape index (κ3) is 1.82. The Kier molecular flexibility index (Phi) is 2.68. The minimum absolute atomic E-state index is 0.148. The lowest BCUT2D eigenvalue weighted by molar-refractivity contribution is 1.08. The maximum atomic E-state index is 11.3. The minimum Gasteiger partial charge on any atom is -0.328 e. The van der Waals surface area contributed by atoms with Crippen LogP contribution in [0.4, 0.5) is 0 Å². The second-order valence-corrected chi connectivity index (χ2v) is 4.70. The number of pyridine rings is 1. The van der Waals surface area contributed by atoms with Crippen LogP contribution in [0.15, 0.2) is 52.0 Å². The molecule has 0 bridgehead atoms. The standard InChI is InChI=1S/C13H8BrN3O/c14-11-5-8(6-15-13(11)18)10-7-16-17-12-4-2-1-3-9(10)12/h1-7H,(H,15,18). The summed E-state index contributed by atoms with van der Waals surface area (Å²) in [5, 5.41) is 9.06. The predicted octanol–water partition coefficient (Wildman–Crippen LogP) is 2.75. The third-order valence-corrected chi connectivity index (χ3v) is 3.30. The Labute approximate surface area is 111 Å². The molecule has 3 rings (SSSR count). The Morgan fingerprint density at radius 1 is 1.22 bits per heavy atom. The van der Waals surface area contributed by atoms with E-state index in [1.807, 2.05) is 24.3 Å². The summed E-state index contributed by atoms with van der Waals surface area (Å²) in [4.78, 5) is 14.0. The van der Waals surface area contributed by atoms with Crippen LogP contribution in [-0.4, -0.2) is 15.2 Å². The molecule has 0 aliphatic carbocycles. The van der Waals surface area contributed by atoms with Crippen molar-refractivity contribution in [1.82, 2.24) is 15.2 Å². The number of aromatic amines is 1. The van der Waals surface area contributed by atoms with Gasteiger partial charge < -0.3 is 4.98 Å². The molecule has 0 saturated heterocycles. The van der Waals surface area contributed by atoms with Gasteiger partial charge in [0, 0.05) is 22.7 Å². The van der Waals surface area contributed by atoms with Gasteiger partial charge >= 0.3 is 0 Å². The third-order valence-electron chi connectivity index (χ3n) is 2.72. The van der Waals surface area contributed by atoms with Crippen molar-refractivity contribution in [1.29, 1.82) is 0 Å². The molecule has 0 radical (unpaired) electrons. The topological polar surface area (TPSA) is 58.6 Å². The van der Waals surface area contributed by atoms with Crippen molar-refractivity contribution in [2.24, 2.45) is 0 Å². The summed E-state index contributed by atoms with van der Waals surface area (Å²) in [5.74, 6) is 0. The van der Waals surface area contributed by atoms with Crippen molar-refractivity contribution in [3.8, 4) is 11.1 Å².